The topological polar surface area (TPSA) is 0 Å². The zero-order valence-electron chi connectivity index (χ0n) is 9.87. The van der Waals surface area contributed by atoms with E-state index in [1.807, 2.05) is 0 Å². The molecule has 0 aromatic heterocycles. The van der Waals surface area contributed by atoms with Gasteiger partial charge in [-0.1, -0.05) is 52.3 Å². The molecule has 0 radical (unpaired) electrons. The fraction of sp³-hybridized carbons (Fsp3) is 0.385. The van der Waals surface area contributed by atoms with Crippen LogP contribution in [0.1, 0.15) is 5.56 Å². The van der Waals surface area contributed by atoms with Crippen molar-refractivity contribution in [2.75, 3.05) is 26.0 Å². The van der Waals surface area contributed by atoms with E-state index in [4.69, 9.17) is 0 Å². The lowest BCUT2D eigenvalue weighted by Gasteiger charge is -2.28. The van der Waals surface area contributed by atoms with Crippen molar-refractivity contribution in [3.05, 3.63) is 48.0 Å². The number of nitrogens with zero attached hydrogens (tertiary/aromatic N) is 1. The third-order valence-electron chi connectivity index (χ3n) is 2.31. The van der Waals surface area contributed by atoms with Gasteiger partial charge in [0.25, 0.3) is 0 Å². The Labute approximate surface area is 118 Å². The number of allylic oxidation sites excluding steroid dienone is 1. The number of quaternary nitrogens is 1. The monoisotopic (exact) mass is 347 g/mol. The van der Waals surface area contributed by atoms with Gasteiger partial charge >= 0.3 is 0 Å². The lowest BCUT2D eigenvalue weighted by atomic mass is 10.2. The Morgan fingerprint density at radius 3 is 2.31 bits per heavy atom. The van der Waals surface area contributed by atoms with Crippen molar-refractivity contribution in [2.24, 2.45) is 0 Å². The van der Waals surface area contributed by atoms with Gasteiger partial charge in [-0.2, -0.15) is 0 Å². The highest BCUT2D eigenvalue weighted by Gasteiger charge is 2.12. The number of benzene rings is 1. The maximum absolute atomic E-state index is 3.39. The second-order valence-electron chi connectivity index (χ2n) is 4.39. The van der Waals surface area contributed by atoms with E-state index in [1.54, 1.807) is 0 Å². The Hall–Kier alpha value is -0.120. The first-order chi connectivity index (χ1) is 7.14. The average molecular weight is 349 g/mol. The van der Waals surface area contributed by atoms with Gasteiger partial charge in [0.1, 0.15) is 6.54 Å². The van der Waals surface area contributed by atoms with Crippen LogP contribution in [0.15, 0.2) is 42.5 Å². The highest BCUT2D eigenvalue weighted by Crippen LogP contribution is 2.08. The summed E-state index contributed by atoms with van der Waals surface area (Å²) in [5.74, 6) is 0. The summed E-state index contributed by atoms with van der Waals surface area (Å²) in [7, 11) is 4.51. The first-order valence-corrected chi connectivity index (χ1v) is 6.33. The molecule has 0 atom stereocenters. The Morgan fingerprint density at radius 2 is 1.75 bits per heavy atom. The van der Waals surface area contributed by atoms with Crippen LogP contribution < -0.4 is 17.0 Å². The Morgan fingerprint density at radius 1 is 1.12 bits per heavy atom. The molecule has 0 bridgehead atoms. The van der Waals surface area contributed by atoms with Crippen molar-refractivity contribution in [1.29, 1.82) is 0 Å². The first-order valence-electron chi connectivity index (χ1n) is 5.21. The molecule has 0 amide bonds. The molecule has 1 rings (SSSR count). The van der Waals surface area contributed by atoms with Crippen molar-refractivity contribution < 1.29 is 21.5 Å². The van der Waals surface area contributed by atoms with Gasteiger partial charge in [-0.05, 0) is 6.08 Å². The third kappa shape index (κ3) is 6.46. The summed E-state index contributed by atoms with van der Waals surface area (Å²) in [6.07, 6.45) is 4.39. The predicted octanol–water partition coefficient (Wildman–Crippen LogP) is 0.218. The highest BCUT2D eigenvalue weighted by atomic mass is 79.9. The lowest BCUT2D eigenvalue weighted by molar-refractivity contribution is -0.897. The smallest absolute Gasteiger partial charge is 0.104 e. The molecule has 1 nitrogen and oxygen atoms in total. The third-order valence-corrected chi connectivity index (χ3v) is 2.68. The molecule has 90 valence electrons. The molecule has 0 fully saturated rings. The molecular formula is C13H19Br2N. The van der Waals surface area contributed by atoms with Crippen LogP contribution in [0, 0.1) is 0 Å². The lowest BCUT2D eigenvalue weighted by Crippen LogP contribution is -3.00. The van der Waals surface area contributed by atoms with Gasteiger partial charge in [0.15, 0.2) is 0 Å². The molecule has 0 aliphatic carbocycles. The van der Waals surface area contributed by atoms with E-state index in [1.165, 1.54) is 5.56 Å². The molecule has 0 saturated heterocycles. The van der Waals surface area contributed by atoms with Gasteiger partial charge in [-0.3, -0.25) is 0 Å². The zero-order chi connectivity index (χ0) is 11.1. The number of rotatable bonds is 5. The molecule has 0 N–H and O–H groups in total. The zero-order valence-corrected chi connectivity index (χ0v) is 13.0. The molecule has 0 aliphatic rings. The van der Waals surface area contributed by atoms with Crippen LogP contribution in [0.4, 0.5) is 0 Å². The van der Waals surface area contributed by atoms with E-state index in [0.717, 1.165) is 22.9 Å². The second-order valence-corrected chi connectivity index (χ2v) is 5.04. The quantitative estimate of drug-likeness (QED) is 0.405. The minimum absolute atomic E-state index is 0. The maximum atomic E-state index is 3.39. The van der Waals surface area contributed by atoms with Crippen LogP contribution in [-0.4, -0.2) is 30.5 Å². The van der Waals surface area contributed by atoms with Crippen LogP contribution >= 0.6 is 15.9 Å². The molecule has 1 aromatic carbocycles. The molecule has 0 spiro atoms. The van der Waals surface area contributed by atoms with E-state index in [0.29, 0.717) is 0 Å². The number of hydrogen-bond donors (Lipinski definition) is 0. The minimum atomic E-state index is 0. The van der Waals surface area contributed by atoms with Gasteiger partial charge in [0, 0.05) is 10.9 Å². The van der Waals surface area contributed by atoms with E-state index < -0.39 is 0 Å². The molecular weight excluding hydrogens is 330 g/mol. The van der Waals surface area contributed by atoms with Gasteiger partial charge in [-0.25, -0.2) is 0 Å². The van der Waals surface area contributed by atoms with Crippen molar-refractivity contribution in [3.8, 4) is 0 Å². The summed E-state index contributed by atoms with van der Waals surface area (Å²) < 4.78 is 0.994. The summed E-state index contributed by atoms with van der Waals surface area (Å²) in [5, 5.41) is 0.943. The van der Waals surface area contributed by atoms with Crippen LogP contribution in [0.25, 0.3) is 0 Å². The SMILES string of the molecule is C[N+](C)(C/C=C/CBr)Cc1ccccc1.[Br-]. The summed E-state index contributed by atoms with van der Waals surface area (Å²) in [6.45, 7) is 2.15. The molecule has 0 heterocycles. The van der Waals surface area contributed by atoms with Crippen molar-refractivity contribution in [1.82, 2.24) is 0 Å². The maximum Gasteiger partial charge on any atom is 0.104 e. The fourth-order valence-corrected chi connectivity index (χ4v) is 1.83. The molecule has 0 unspecified atom stereocenters. The van der Waals surface area contributed by atoms with Gasteiger partial charge in [0.05, 0.1) is 20.6 Å². The molecule has 3 heteroatoms. The molecule has 0 aliphatic heterocycles. The predicted molar refractivity (Wildman–Crippen MR) is 70.1 cm³/mol. The van der Waals surface area contributed by atoms with Gasteiger partial charge in [-0.15, -0.1) is 0 Å². The van der Waals surface area contributed by atoms with Gasteiger partial charge in [0.2, 0.25) is 0 Å². The standard InChI is InChI=1S/C13H19BrN.BrH/c1-15(2,11-7-6-10-14)12-13-8-4-3-5-9-13;/h3-9H,10-12H2,1-2H3;1H/q+1;/p-1/b7-6+;. The van der Waals surface area contributed by atoms with Crippen LogP contribution in [-0.2, 0) is 6.54 Å². The molecule has 0 saturated carbocycles. The Kier molecular flexibility index (Phi) is 7.98. The van der Waals surface area contributed by atoms with E-state index in [-0.39, 0.29) is 17.0 Å². The summed E-state index contributed by atoms with van der Waals surface area (Å²) in [6, 6.07) is 10.6. The van der Waals surface area contributed by atoms with Crippen molar-refractivity contribution in [3.63, 3.8) is 0 Å². The highest BCUT2D eigenvalue weighted by molar-refractivity contribution is 9.09. The fourth-order valence-electron chi connectivity index (χ4n) is 1.57. The van der Waals surface area contributed by atoms with Gasteiger partial charge < -0.3 is 21.5 Å². The average Bonchev–Trinajstić information content (AvgIpc) is 2.18. The molecule has 1 aromatic rings. The van der Waals surface area contributed by atoms with Crippen molar-refractivity contribution in [2.45, 2.75) is 6.54 Å². The van der Waals surface area contributed by atoms with Crippen molar-refractivity contribution >= 4 is 15.9 Å². The minimum Gasteiger partial charge on any atom is -1.00 e. The summed E-state index contributed by atoms with van der Waals surface area (Å²) >= 11 is 3.39. The number of likely N-dealkylation sites (N-methyl/N-ethyl adjacent to an activating group) is 1. The summed E-state index contributed by atoms with van der Waals surface area (Å²) in [5.41, 5.74) is 1.40. The number of alkyl halides is 1. The Bertz CT molecular complexity index is 307. The van der Waals surface area contributed by atoms with Crippen LogP contribution in [0.2, 0.25) is 0 Å². The van der Waals surface area contributed by atoms with Crippen LogP contribution in [0.5, 0.6) is 0 Å². The van der Waals surface area contributed by atoms with E-state index in [2.05, 4.69) is 72.5 Å². The van der Waals surface area contributed by atoms with E-state index >= 15 is 0 Å². The van der Waals surface area contributed by atoms with E-state index in [9.17, 15) is 0 Å². The number of hydrogen-bond acceptors (Lipinski definition) is 0. The van der Waals surface area contributed by atoms with Crippen LogP contribution in [0.3, 0.4) is 0 Å². The number of halogens is 2. The molecule has 16 heavy (non-hydrogen) atoms. The summed E-state index contributed by atoms with van der Waals surface area (Å²) in [4.78, 5) is 0. The normalized spacial score (nSPS) is 11.4. The Balaban J connectivity index is 0.00000225. The first kappa shape index (κ1) is 15.9. The largest absolute Gasteiger partial charge is 1.00 e. The second kappa shape index (κ2) is 8.04.